The summed E-state index contributed by atoms with van der Waals surface area (Å²) in [5, 5.41) is 0. The Bertz CT molecular complexity index is 223. The largest absolute Gasteiger partial charge is 0.0601 e. The summed E-state index contributed by atoms with van der Waals surface area (Å²) < 4.78 is 2.72. The van der Waals surface area contributed by atoms with Crippen molar-refractivity contribution in [3.63, 3.8) is 0 Å². The van der Waals surface area contributed by atoms with Gasteiger partial charge < -0.3 is 0 Å². The fraction of sp³-hybridized carbons (Fsp3) is 0.222. The molecule has 0 heterocycles. The van der Waals surface area contributed by atoms with Gasteiger partial charge in [0.15, 0.2) is 0 Å². The normalized spacial score (nSPS) is 10.1. The van der Waals surface area contributed by atoms with Crippen molar-refractivity contribution in [3.8, 4) is 0 Å². The zero-order chi connectivity index (χ0) is 8.27. The predicted molar refractivity (Wildman–Crippen MR) is 65.6 cm³/mol. The predicted octanol–water partition coefficient (Wildman–Crippen LogP) is 3.66. The van der Waals surface area contributed by atoms with Gasteiger partial charge in [-0.2, -0.15) is 0 Å². The lowest BCUT2D eigenvalue weighted by atomic mass is 10.1. The summed E-state index contributed by atoms with van der Waals surface area (Å²) in [6, 6.07) is 6.39. The maximum absolute atomic E-state index is 3.86. The Hall–Kier alpha value is 0.680. The molecule has 0 nitrogen and oxygen atoms in total. The Kier molecular flexibility index (Phi) is 4.12. The van der Waals surface area contributed by atoms with Crippen molar-refractivity contribution < 1.29 is 0 Å². The zero-order valence-electron chi connectivity index (χ0n) is 6.11. The summed E-state index contributed by atoms with van der Waals surface area (Å²) in [5.41, 5.74) is 1.45. The van der Waals surface area contributed by atoms with Gasteiger partial charge in [0.25, 0.3) is 0 Å². The van der Waals surface area contributed by atoms with Crippen molar-refractivity contribution in [2.24, 2.45) is 0 Å². The van der Waals surface area contributed by atoms with Crippen molar-refractivity contribution in [2.45, 2.75) is 12.8 Å². The monoisotopic (exact) mass is 371 g/mol. The smallest absolute Gasteiger partial charge is 0.0172 e. The fourth-order valence-corrected chi connectivity index (χ4v) is 3.00. The molecule has 59 valence electrons. The number of hydrogen-bond donors (Lipinski definition) is 0. The van der Waals surface area contributed by atoms with E-state index in [1.165, 1.54) is 12.7 Å². The minimum absolute atomic E-state index is 0.982. The van der Waals surface area contributed by atoms with Crippen LogP contribution in [-0.2, 0) is 6.42 Å². The Morgan fingerprint density at radius 2 is 1.73 bits per heavy atom. The Morgan fingerprint density at radius 3 is 2.18 bits per heavy atom. The summed E-state index contributed by atoms with van der Waals surface area (Å²) >= 11 is 4.75. The maximum atomic E-state index is 3.86. The molecule has 0 saturated carbocycles. The molecule has 0 bridgehead atoms. The second kappa shape index (κ2) is 4.64. The maximum Gasteiger partial charge on any atom is 0.0172 e. The number of benzene rings is 1. The van der Waals surface area contributed by atoms with Crippen LogP contribution in [0, 0.1) is 14.1 Å². The highest BCUT2D eigenvalue weighted by Gasteiger charge is 2.01. The molecule has 11 heavy (non-hydrogen) atoms. The van der Waals surface area contributed by atoms with Gasteiger partial charge in [0, 0.05) is 7.14 Å². The fourth-order valence-electron chi connectivity index (χ4n) is 0.948. The van der Waals surface area contributed by atoms with Crippen LogP contribution in [0.25, 0.3) is 0 Å². The van der Waals surface area contributed by atoms with Crippen LogP contribution in [0.2, 0.25) is 0 Å². The first-order valence-corrected chi connectivity index (χ1v) is 5.63. The molecule has 0 saturated heterocycles. The molecule has 0 atom stereocenters. The van der Waals surface area contributed by atoms with Gasteiger partial charge in [-0.05, 0) is 75.7 Å². The summed E-state index contributed by atoms with van der Waals surface area (Å²) in [6.07, 6.45) is 2.08. The second-order valence-corrected chi connectivity index (χ2v) is 4.63. The van der Waals surface area contributed by atoms with Crippen molar-refractivity contribution in [1.29, 1.82) is 0 Å². The van der Waals surface area contributed by atoms with Crippen LogP contribution in [0.5, 0.6) is 0 Å². The molecule has 0 spiro atoms. The minimum atomic E-state index is 0.982. The molecule has 0 N–H and O–H groups in total. The molecule has 0 aliphatic heterocycles. The highest BCUT2D eigenvalue weighted by molar-refractivity contribution is 14.1. The van der Waals surface area contributed by atoms with Gasteiger partial charge in [-0.3, -0.25) is 0 Å². The van der Waals surface area contributed by atoms with Crippen LogP contribution >= 0.6 is 45.2 Å². The van der Waals surface area contributed by atoms with Crippen LogP contribution in [-0.4, -0.2) is 0 Å². The van der Waals surface area contributed by atoms with Crippen LogP contribution in [0.4, 0.5) is 0 Å². The summed E-state index contributed by atoms with van der Waals surface area (Å²) in [7, 11) is 0. The molecule has 1 aromatic carbocycles. The van der Waals surface area contributed by atoms with E-state index in [2.05, 4.69) is 70.3 Å². The van der Waals surface area contributed by atoms with Crippen LogP contribution in [0.15, 0.2) is 18.2 Å². The molecule has 0 aliphatic carbocycles. The van der Waals surface area contributed by atoms with E-state index in [1.54, 1.807) is 0 Å². The van der Waals surface area contributed by atoms with Gasteiger partial charge in [-0.1, -0.05) is 13.0 Å². The molecule has 0 amide bonds. The molecule has 0 aromatic heterocycles. The number of hydrogen-bond acceptors (Lipinski definition) is 0. The molecule has 0 fully saturated rings. The SMILES string of the molecule is [CH2]CCc1c(I)cccc1I. The molecule has 1 rings (SSSR count). The summed E-state index contributed by atoms with van der Waals surface area (Å²) in [5.74, 6) is 0. The topological polar surface area (TPSA) is 0 Å². The van der Waals surface area contributed by atoms with Crippen molar-refractivity contribution in [3.05, 3.63) is 37.8 Å². The number of halogens is 2. The zero-order valence-corrected chi connectivity index (χ0v) is 10.4. The first-order valence-electron chi connectivity index (χ1n) is 3.48. The van der Waals surface area contributed by atoms with Gasteiger partial charge >= 0.3 is 0 Å². The van der Waals surface area contributed by atoms with Crippen LogP contribution < -0.4 is 0 Å². The molecule has 1 radical (unpaired) electrons. The lowest BCUT2D eigenvalue weighted by molar-refractivity contribution is 0.983. The molecule has 0 unspecified atom stereocenters. The van der Waals surface area contributed by atoms with E-state index in [0.29, 0.717) is 0 Å². The van der Waals surface area contributed by atoms with Gasteiger partial charge in [-0.25, -0.2) is 0 Å². The van der Waals surface area contributed by atoms with E-state index < -0.39 is 0 Å². The second-order valence-electron chi connectivity index (χ2n) is 2.30. The third kappa shape index (κ3) is 2.57. The first-order chi connectivity index (χ1) is 5.25. The third-order valence-corrected chi connectivity index (χ3v) is 3.51. The molecule has 0 aliphatic rings. The summed E-state index contributed by atoms with van der Waals surface area (Å²) in [6.45, 7) is 3.86. The quantitative estimate of drug-likeness (QED) is 0.697. The van der Waals surface area contributed by atoms with Gasteiger partial charge in [0.05, 0.1) is 0 Å². The Labute approximate surface area is 95.0 Å². The Morgan fingerprint density at radius 1 is 1.18 bits per heavy atom. The van der Waals surface area contributed by atoms with E-state index in [9.17, 15) is 0 Å². The van der Waals surface area contributed by atoms with Crippen LogP contribution in [0.1, 0.15) is 12.0 Å². The molecular formula is C9H9I2. The average molecular weight is 371 g/mol. The lowest BCUT2D eigenvalue weighted by Gasteiger charge is -2.04. The minimum Gasteiger partial charge on any atom is -0.0601 e. The van der Waals surface area contributed by atoms with E-state index >= 15 is 0 Å². The van der Waals surface area contributed by atoms with E-state index in [0.717, 1.165) is 12.8 Å². The molecular weight excluding hydrogens is 362 g/mol. The molecule has 2 heteroatoms. The third-order valence-electron chi connectivity index (χ3n) is 1.49. The first kappa shape index (κ1) is 9.77. The van der Waals surface area contributed by atoms with Crippen LogP contribution in [0.3, 0.4) is 0 Å². The Balaban J connectivity index is 3.00. The average Bonchev–Trinajstić information content (AvgIpc) is 1.97. The van der Waals surface area contributed by atoms with Crippen molar-refractivity contribution >= 4 is 45.2 Å². The van der Waals surface area contributed by atoms with Gasteiger partial charge in [0.2, 0.25) is 0 Å². The van der Waals surface area contributed by atoms with E-state index in [-0.39, 0.29) is 0 Å². The highest BCUT2D eigenvalue weighted by atomic mass is 127. The standard InChI is InChI=1S/C9H9I2/c1-2-4-7-8(10)5-3-6-9(7)11/h3,5-6H,1-2,4H2. The van der Waals surface area contributed by atoms with E-state index in [1.807, 2.05) is 0 Å². The highest BCUT2D eigenvalue weighted by Crippen LogP contribution is 2.19. The van der Waals surface area contributed by atoms with E-state index in [4.69, 9.17) is 0 Å². The molecule has 1 aromatic rings. The summed E-state index contributed by atoms with van der Waals surface area (Å²) in [4.78, 5) is 0. The number of rotatable bonds is 2. The van der Waals surface area contributed by atoms with Crippen molar-refractivity contribution in [2.75, 3.05) is 0 Å². The van der Waals surface area contributed by atoms with Gasteiger partial charge in [0.1, 0.15) is 0 Å². The van der Waals surface area contributed by atoms with Gasteiger partial charge in [-0.15, -0.1) is 0 Å². The van der Waals surface area contributed by atoms with Crippen molar-refractivity contribution in [1.82, 2.24) is 0 Å². The lowest BCUT2D eigenvalue weighted by Crippen LogP contribution is -1.91.